The summed E-state index contributed by atoms with van der Waals surface area (Å²) in [6.07, 6.45) is 1.92. The third-order valence-corrected chi connectivity index (χ3v) is 3.95. The van der Waals surface area contributed by atoms with E-state index in [9.17, 15) is 4.79 Å². The number of hydrogen-bond acceptors (Lipinski definition) is 4. The van der Waals surface area contributed by atoms with Crippen LogP contribution in [0, 0.1) is 0 Å². The summed E-state index contributed by atoms with van der Waals surface area (Å²) in [6, 6.07) is 9.71. The van der Waals surface area contributed by atoms with Crippen molar-refractivity contribution in [1.29, 1.82) is 0 Å². The normalized spacial score (nSPS) is 12.5. The molecule has 0 saturated carbocycles. The number of nitrogens with zero attached hydrogens (tertiary/aromatic N) is 1. The number of aromatic nitrogens is 1. The standard InChI is InChI=1S/C18H22N2O2S/c1-13(16-19-10-11-23-16)15(12-14-8-6-5-7-9-14)20-17(21)22-18(2,3)4/h5-11,15H,1,12H2,2-4H3,(H,20,21)/t15-/m0/s1. The molecule has 0 unspecified atom stereocenters. The molecule has 1 aromatic carbocycles. The molecule has 122 valence electrons. The van der Waals surface area contributed by atoms with E-state index in [4.69, 9.17) is 4.74 Å². The average Bonchev–Trinajstić information content (AvgIpc) is 2.99. The predicted octanol–water partition coefficient (Wildman–Crippen LogP) is 4.29. The molecule has 1 heterocycles. The molecule has 2 rings (SSSR count). The minimum atomic E-state index is -0.538. The third kappa shape index (κ3) is 5.53. The fraction of sp³-hybridized carbons (Fsp3) is 0.333. The van der Waals surface area contributed by atoms with Gasteiger partial charge in [-0.15, -0.1) is 11.3 Å². The number of amides is 1. The van der Waals surface area contributed by atoms with Gasteiger partial charge in [0.1, 0.15) is 10.6 Å². The lowest BCUT2D eigenvalue weighted by Gasteiger charge is -2.24. The highest BCUT2D eigenvalue weighted by Gasteiger charge is 2.23. The Kier molecular flexibility index (Phi) is 5.55. The number of rotatable bonds is 5. The van der Waals surface area contributed by atoms with Gasteiger partial charge < -0.3 is 10.1 Å². The van der Waals surface area contributed by atoms with Gasteiger partial charge in [0.15, 0.2) is 0 Å². The summed E-state index contributed by atoms with van der Waals surface area (Å²) in [7, 11) is 0. The molecule has 2 aromatic rings. The third-order valence-electron chi connectivity index (χ3n) is 3.10. The Morgan fingerprint density at radius 3 is 2.61 bits per heavy atom. The van der Waals surface area contributed by atoms with Crippen molar-refractivity contribution in [1.82, 2.24) is 10.3 Å². The van der Waals surface area contributed by atoms with Crippen LogP contribution in [-0.2, 0) is 11.2 Å². The maximum atomic E-state index is 12.1. The maximum absolute atomic E-state index is 12.1. The van der Waals surface area contributed by atoms with Crippen molar-refractivity contribution in [3.63, 3.8) is 0 Å². The van der Waals surface area contributed by atoms with Gasteiger partial charge in [-0.1, -0.05) is 36.9 Å². The monoisotopic (exact) mass is 330 g/mol. The summed E-state index contributed by atoms with van der Waals surface area (Å²) in [6.45, 7) is 9.65. The number of alkyl carbamates (subject to hydrolysis) is 1. The Morgan fingerprint density at radius 2 is 2.04 bits per heavy atom. The Hall–Kier alpha value is -2.14. The van der Waals surface area contributed by atoms with Gasteiger partial charge in [0.25, 0.3) is 0 Å². The summed E-state index contributed by atoms with van der Waals surface area (Å²) in [5.41, 5.74) is 1.37. The van der Waals surface area contributed by atoms with Crippen molar-refractivity contribution in [2.24, 2.45) is 0 Å². The van der Waals surface area contributed by atoms with Gasteiger partial charge in [-0.25, -0.2) is 9.78 Å². The van der Waals surface area contributed by atoms with Crippen LogP contribution in [0.1, 0.15) is 31.3 Å². The van der Waals surface area contributed by atoms with E-state index in [0.29, 0.717) is 6.42 Å². The van der Waals surface area contributed by atoms with Gasteiger partial charge in [-0.2, -0.15) is 0 Å². The molecule has 1 aromatic heterocycles. The summed E-state index contributed by atoms with van der Waals surface area (Å²) in [4.78, 5) is 16.4. The predicted molar refractivity (Wildman–Crippen MR) is 94.5 cm³/mol. The zero-order chi connectivity index (χ0) is 16.9. The minimum Gasteiger partial charge on any atom is -0.444 e. The molecule has 0 fully saturated rings. The summed E-state index contributed by atoms with van der Waals surface area (Å²) in [5.74, 6) is 0. The van der Waals surface area contributed by atoms with E-state index in [0.717, 1.165) is 16.1 Å². The number of nitrogens with one attached hydrogen (secondary N) is 1. The second-order valence-corrected chi connectivity index (χ2v) is 7.15. The summed E-state index contributed by atoms with van der Waals surface area (Å²) >= 11 is 1.51. The van der Waals surface area contributed by atoms with Gasteiger partial charge in [-0.3, -0.25) is 0 Å². The van der Waals surface area contributed by atoms with Crippen LogP contribution in [0.15, 0.2) is 48.5 Å². The number of hydrogen-bond donors (Lipinski definition) is 1. The molecule has 1 N–H and O–H groups in total. The van der Waals surface area contributed by atoms with Gasteiger partial charge >= 0.3 is 6.09 Å². The first-order chi connectivity index (χ1) is 10.8. The van der Waals surface area contributed by atoms with Crippen molar-refractivity contribution in [2.45, 2.75) is 38.8 Å². The van der Waals surface area contributed by atoms with Crippen LogP contribution in [0.4, 0.5) is 4.79 Å². The van der Waals surface area contributed by atoms with E-state index in [1.165, 1.54) is 11.3 Å². The molecule has 4 nitrogen and oxygen atoms in total. The van der Waals surface area contributed by atoms with E-state index in [2.05, 4.69) is 16.9 Å². The lowest BCUT2D eigenvalue weighted by atomic mass is 10.0. The van der Waals surface area contributed by atoms with Crippen molar-refractivity contribution >= 4 is 23.0 Å². The van der Waals surface area contributed by atoms with Crippen LogP contribution >= 0.6 is 11.3 Å². The molecule has 0 aliphatic rings. The lowest BCUT2D eigenvalue weighted by Crippen LogP contribution is -2.40. The first-order valence-electron chi connectivity index (χ1n) is 7.47. The first kappa shape index (κ1) is 17.2. The van der Waals surface area contributed by atoms with Crippen LogP contribution < -0.4 is 5.32 Å². The van der Waals surface area contributed by atoms with Crippen LogP contribution in [0.25, 0.3) is 5.57 Å². The second kappa shape index (κ2) is 7.42. The largest absolute Gasteiger partial charge is 0.444 e. The van der Waals surface area contributed by atoms with Crippen LogP contribution in [0.3, 0.4) is 0 Å². The molecule has 0 radical (unpaired) electrons. The highest BCUT2D eigenvalue weighted by molar-refractivity contribution is 7.10. The molecule has 0 bridgehead atoms. The Labute approximate surface area is 141 Å². The van der Waals surface area contributed by atoms with Crippen LogP contribution in [0.2, 0.25) is 0 Å². The van der Waals surface area contributed by atoms with Crippen LogP contribution in [0.5, 0.6) is 0 Å². The van der Waals surface area contributed by atoms with Gasteiger partial charge in [0, 0.05) is 17.2 Å². The van der Waals surface area contributed by atoms with E-state index in [1.807, 2.05) is 56.5 Å². The quantitative estimate of drug-likeness (QED) is 0.889. The fourth-order valence-corrected chi connectivity index (χ4v) is 2.76. The number of thiazole rings is 1. The van der Waals surface area contributed by atoms with Crippen molar-refractivity contribution in [2.75, 3.05) is 0 Å². The molecular weight excluding hydrogens is 308 g/mol. The molecule has 0 saturated heterocycles. The molecule has 5 heteroatoms. The van der Waals surface area contributed by atoms with Crippen molar-refractivity contribution in [3.05, 3.63) is 59.1 Å². The zero-order valence-corrected chi connectivity index (χ0v) is 14.5. The Balaban J connectivity index is 2.14. The Morgan fingerprint density at radius 1 is 1.35 bits per heavy atom. The Bertz CT molecular complexity index is 645. The minimum absolute atomic E-state index is 0.265. The van der Waals surface area contributed by atoms with Crippen molar-refractivity contribution in [3.8, 4) is 0 Å². The zero-order valence-electron chi connectivity index (χ0n) is 13.7. The number of benzene rings is 1. The molecule has 1 atom stereocenters. The highest BCUT2D eigenvalue weighted by atomic mass is 32.1. The first-order valence-corrected chi connectivity index (χ1v) is 8.35. The maximum Gasteiger partial charge on any atom is 0.408 e. The lowest BCUT2D eigenvalue weighted by molar-refractivity contribution is 0.0516. The molecule has 0 spiro atoms. The molecule has 0 aliphatic carbocycles. The molecule has 1 amide bonds. The average molecular weight is 330 g/mol. The number of carbonyl (C=O) groups excluding carboxylic acids is 1. The SMILES string of the molecule is C=C(c1nccs1)[C@H](Cc1ccccc1)NC(=O)OC(C)(C)C. The second-order valence-electron chi connectivity index (χ2n) is 6.25. The van der Waals surface area contributed by atoms with Gasteiger partial charge in [-0.05, 0) is 32.8 Å². The van der Waals surface area contributed by atoms with Gasteiger partial charge in [0.2, 0.25) is 0 Å². The van der Waals surface area contributed by atoms with Crippen LogP contribution in [-0.4, -0.2) is 22.7 Å². The smallest absolute Gasteiger partial charge is 0.408 e. The van der Waals surface area contributed by atoms with E-state index in [-0.39, 0.29) is 6.04 Å². The molecule has 0 aliphatic heterocycles. The fourth-order valence-electron chi connectivity index (χ4n) is 2.09. The summed E-state index contributed by atoms with van der Waals surface area (Å²) < 4.78 is 5.37. The van der Waals surface area contributed by atoms with Crippen molar-refractivity contribution < 1.29 is 9.53 Å². The highest BCUT2D eigenvalue weighted by Crippen LogP contribution is 2.22. The topological polar surface area (TPSA) is 51.2 Å². The summed E-state index contributed by atoms with van der Waals surface area (Å²) in [5, 5.41) is 5.63. The van der Waals surface area contributed by atoms with E-state index in [1.54, 1.807) is 6.20 Å². The van der Waals surface area contributed by atoms with E-state index < -0.39 is 11.7 Å². The molecule has 23 heavy (non-hydrogen) atoms. The number of carbonyl (C=O) groups is 1. The van der Waals surface area contributed by atoms with Gasteiger partial charge in [0.05, 0.1) is 6.04 Å². The van der Waals surface area contributed by atoms with E-state index >= 15 is 0 Å². The number of ether oxygens (including phenoxy) is 1. The molecular formula is C18H22N2O2S.